The van der Waals surface area contributed by atoms with Crippen LogP contribution in [0.3, 0.4) is 0 Å². The number of nitro benzene ring substituents is 1. The number of pyridine rings is 1. The lowest BCUT2D eigenvalue weighted by molar-refractivity contribution is -0.384. The molecule has 0 aliphatic rings. The minimum atomic E-state index is -3.65. The lowest BCUT2D eigenvalue weighted by atomic mass is 10.2. The zero-order valence-electron chi connectivity index (χ0n) is 11.0. The summed E-state index contributed by atoms with van der Waals surface area (Å²) in [4.78, 5) is 12.9. The van der Waals surface area contributed by atoms with Crippen LogP contribution in [0.5, 0.6) is 0 Å². The lowest BCUT2D eigenvalue weighted by Crippen LogP contribution is -2.26. The first kappa shape index (κ1) is 15.1. The highest BCUT2D eigenvalue weighted by molar-refractivity contribution is 7.89. The van der Waals surface area contributed by atoms with Gasteiger partial charge in [0.1, 0.15) is 0 Å². The maximum absolute atomic E-state index is 12.0. The Morgan fingerprint density at radius 2 is 1.71 bits per heavy atom. The molecule has 0 aliphatic carbocycles. The summed E-state index contributed by atoms with van der Waals surface area (Å²) in [6, 6.07) is 8.50. The van der Waals surface area contributed by atoms with Crippen LogP contribution < -0.4 is 9.71 Å². The number of nitro groups is 1. The summed E-state index contributed by atoms with van der Waals surface area (Å²) in [5.41, 5.74) is 0.856. The zero-order valence-corrected chi connectivity index (χ0v) is 11.8. The van der Waals surface area contributed by atoms with E-state index >= 15 is 0 Å². The van der Waals surface area contributed by atoms with E-state index in [-0.39, 0.29) is 17.1 Å². The van der Waals surface area contributed by atoms with Crippen molar-refractivity contribution in [2.24, 2.45) is 0 Å². The van der Waals surface area contributed by atoms with Crippen LogP contribution in [0.15, 0.2) is 53.7 Å². The summed E-state index contributed by atoms with van der Waals surface area (Å²) < 4.78 is 26.5. The first-order valence-corrected chi connectivity index (χ1v) is 7.66. The molecule has 21 heavy (non-hydrogen) atoms. The molecule has 110 valence electrons. The number of sulfonamides is 1. The average molecular weight is 308 g/mol. The molecule has 0 fully saturated rings. The molecule has 0 atom stereocenters. The summed E-state index contributed by atoms with van der Waals surface area (Å²) in [5, 5.41) is 10.5. The summed E-state index contributed by atoms with van der Waals surface area (Å²) in [7, 11) is -3.65. The number of hydrogen-bond donors (Lipinski definition) is 1. The van der Waals surface area contributed by atoms with Gasteiger partial charge in [-0.1, -0.05) is 0 Å². The van der Waals surface area contributed by atoms with Crippen LogP contribution in [0.1, 0.15) is 5.56 Å². The molecule has 0 unspecified atom stereocenters. The number of nitrogens with one attached hydrogen (secondary N) is 2. The number of non-ortho nitro benzene ring substituents is 1. The topological polar surface area (TPSA) is 103 Å². The molecule has 2 N–H and O–H groups in total. The molecule has 1 heterocycles. The van der Waals surface area contributed by atoms with Crippen molar-refractivity contribution in [3.05, 3.63) is 64.5 Å². The second-order valence-electron chi connectivity index (χ2n) is 4.31. The van der Waals surface area contributed by atoms with Crippen molar-refractivity contribution in [2.75, 3.05) is 6.54 Å². The Morgan fingerprint density at radius 3 is 2.29 bits per heavy atom. The van der Waals surface area contributed by atoms with Gasteiger partial charge >= 0.3 is 0 Å². The van der Waals surface area contributed by atoms with Gasteiger partial charge in [-0.15, -0.1) is 0 Å². The number of nitrogens with zero attached hydrogens (tertiary/aromatic N) is 1. The summed E-state index contributed by atoms with van der Waals surface area (Å²) in [5.74, 6) is 0. The Bertz CT molecular complexity index is 715. The van der Waals surface area contributed by atoms with Gasteiger partial charge in [0.2, 0.25) is 10.0 Å². The number of aromatic nitrogens is 1. The van der Waals surface area contributed by atoms with Crippen LogP contribution in [0.2, 0.25) is 0 Å². The third-order valence-corrected chi connectivity index (χ3v) is 4.33. The van der Waals surface area contributed by atoms with Crippen molar-refractivity contribution in [3.63, 3.8) is 0 Å². The monoisotopic (exact) mass is 308 g/mol. The van der Waals surface area contributed by atoms with Crippen molar-refractivity contribution in [1.29, 1.82) is 0 Å². The predicted molar refractivity (Wildman–Crippen MR) is 75.0 cm³/mol. The molecule has 0 aliphatic heterocycles. The van der Waals surface area contributed by atoms with E-state index in [1.807, 2.05) is 12.1 Å². The predicted octanol–water partition coefficient (Wildman–Crippen LogP) is 0.930. The maximum atomic E-state index is 12.0. The standard InChI is InChI=1S/C13H13N3O4S/c17-16(18)12-1-3-13(4-2-12)21(19,20)15-10-7-11-5-8-14-9-6-11/h1-6,8-9,15H,7,10H2/p+1. The second-order valence-corrected chi connectivity index (χ2v) is 6.07. The van der Waals surface area contributed by atoms with E-state index in [4.69, 9.17) is 0 Å². The van der Waals surface area contributed by atoms with E-state index in [1.54, 1.807) is 12.4 Å². The normalized spacial score (nSPS) is 11.2. The Balaban J connectivity index is 2.00. The van der Waals surface area contributed by atoms with Gasteiger partial charge in [-0.3, -0.25) is 10.1 Å². The highest BCUT2D eigenvalue weighted by atomic mass is 32.2. The Hall–Kier alpha value is -2.32. The smallest absolute Gasteiger partial charge is 0.258 e. The molecule has 0 saturated carbocycles. The number of aromatic amines is 1. The summed E-state index contributed by atoms with van der Waals surface area (Å²) in [6.07, 6.45) is 4.08. The van der Waals surface area contributed by atoms with Crippen LogP contribution in [-0.2, 0) is 16.4 Å². The third-order valence-electron chi connectivity index (χ3n) is 2.85. The molecular formula is C13H14N3O4S+. The Morgan fingerprint density at radius 1 is 1.10 bits per heavy atom. The highest BCUT2D eigenvalue weighted by Crippen LogP contribution is 2.15. The van der Waals surface area contributed by atoms with Crippen LogP contribution in [-0.4, -0.2) is 19.9 Å². The SMILES string of the molecule is O=[N+]([O-])c1ccc(S(=O)(=O)NCCc2cc[nH+]cc2)cc1. The molecule has 0 radical (unpaired) electrons. The van der Waals surface area contributed by atoms with E-state index in [2.05, 4.69) is 9.71 Å². The number of rotatable bonds is 6. The van der Waals surface area contributed by atoms with Gasteiger partial charge < -0.3 is 0 Å². The molecule has 1 aromatic carbocycles. The number of benzene rings is 1. The molecule has 0 saturated heterocycles. The van der Waals surface area contributed by atoms with Crippen molar-refractivity contribution in [2.45, 2.75) is 11.3 Å². The Kier molecular flexibility index (Phi) is 4.61. The molecule has 0 spiro atoms. The maximum Gasteiger partial charge on any atom is 0.269 e. The van der Waals surface area contributed by atoms with E-state index in [9.17, 15) is 18.5 Å². The summed E-state index contributed by atoms with van der Waals surface area (Å²) >= 11 is 0. The van der Waals surface area contributed by atoms with E-state index in [1.165, 1.54) is 24.3 Å². The van der Waals surface area contributed by atoms with Crippen LogP contribution in [0, 0.1) is 10.1 Å². The van der Waals surface area contributed by atoms with Gasteiger partial charge in [0.05, 0.1) is 9.82 Å². The minimum Gasteiger partial charge on any atom is -0.258 e. The molecule has 0 bridgehead atoms. The Labute approximate surface area is 121 Å². The number of hydrogen-bond acceptors (Lipinski definition) is 4. The fourth-order valence-electron chi connectivity index (χ4n) is 1.75. The van der Waals surface area contributed by atoms with E-state index in [0.29, 0.717) is 6.42 Å². The first-order valence-electron chi connectivity index (χ1n) is 6.18. The van der Waals surface area contributed by atoms with Gasteiger partial charge in [0, 0.05) is 30.8 Å². The van der Waals surface area contributed by atoms with Gasteiger partial charge in [0.25, 0.3) is 5.69 Å². The van der Waals surface area contributed by atoms with Crippen LogP contribution >= 0.6 is 0 Å². The fourth-order valence-corrected chi connectivity index (χ4v) is 2.78. The van der Waals surface area contributed by atoms with Crippen molar-refractivity contribution in [3.8, 4) is 0 Å². The van der Waals surface area contributed by atoms with Gasteiger partial charge in [-0.25, -0.2) is 18.1 Å². The molecular weight excluding hydrogens is 294 g/mol. The number of H-pyrrole nitrogens is 1. The summed E-state index contributed by atoms with van der Waals surface area (Å²) in [6.45, 7) is 0.253. The zero-order chi connectivity index (χ0) is 15.3. The minimum absolute atomic E-state index is 0.00879. The van der Waals surface area contributed by atoms with Gasteiger partial charge in [0.15, 0.2) is 12.4 Å². The van der Waals surface area contributed by atoms with Crippen LogP contribution in [0.4, 0.5) is 5.69 Å². The molecule has 1 aromatic heterocycles. The van der Waals surface area contributed by atoms with E-state index in [0.717, 1.165) is 5.56 Å². The average Bonchev–Trinajstić information content (AvgIpc) is 2.48. The molecule has 8 heteroatoms. The van der Waals surface area contributed by atoms with E-state index < -0.39 is 14.9 Å². The quantitative estimate of drug-likeness (QED) is 0.633. The molecule has 0 amide bonds. The lowest BCUT2D eigenvalue weighted by Gasteiger charge is -2.06. The van der Waals surface area contributed by atoms with Crippen molar-refractivity contribution in [1.82, 2.24) is 4.72 Å². The molecule has 7 nitrogen and oxygen atoms in total. The second kappa shape index (κ2) is 6.42. The highest BCUT2D eigenvalue weighted by Gasteiger charge is 2.15. The molecule has 2 rings (SSSR count). The van der Waals surface area contributed by atoms with Crippen molar-refractivity contribution < 1.29 is 18.3 Å². The molecule has 2 aromatic rings. The van der Waals surface area contributed by atoms with Gasteiger partial charge in [-0.2, -0.15) is 0 Å². The third kappa shape index (κ3) is 4.07. The van der Waals surface area contributed by atoms with Crippen molar-refractivity contribution >= 4 is 15.7 Å². The largest absolute Gasteiger partial charge is 0.269 e. The van der Waals surface area contributed by atoms with Gasteiger partial charge in [-0.05, 0) is 24.1 Å². The fraction of sp³-hybridized carbons (Fsp3) is 0.154. The van der Waals surface area contributed by atoms with Crippen LogP contribution in [0.25, 0.3) is 0 Å². The first-order chi connectivity index (χ1) is 9.99.